The molecule has 192 valence electrons. The number of nitrogens with zero attached hydrogens (tertiary/aromatic N) is 2. The van der Waals surface area contributed by atoms with Gasteiger partial charge in [-0.15, -0.1) is 0 Å². The van der Waals surface area contributed by atoms with Crippen molar-refractivity contribution < 1.29 is 37.0 Å². The minimum Gasteiger partial charge on any atom is -0.497 e. The first kappa shape index (κ1) is 25.8. The van der Waals surface area contributed by atoms with Crippen LogP contribution in [-0.4, -0.2) is 69.5 Å². The molecule has 2 atom stereocenters. The third-order valence-electron chi connectivity index (χ3n) is 6.18. The van der Waals surface area contributed by atoms with Crippen molar-refractivity contribution in [2.75, 3.05) is 31.8 Å². The molecule has 0 spiro atoms. The zero-order valence-corrected chi connectivity index (χ0v) is 20.9. The van der Waals surface area contributed by atoms with E-state index >= 15 is 0 Å². The van der Waals surface area contributed by atoms with E-state index in [9.17, 15) is 22.8 Å². The van der Waals surface area contributed by atoms with E-state index < -0.39 is 33.8 Å². The Bertz CT molecular complexity index is 1220. The minimum atomic E-state index is -4.15. The summed E-state index contributed by atoms with van der Waals surface area (Å²) in [5.41, 5.74) is 0.526. The van der Waals surface area contributed by atoms with Crippen LogP contribution in [0.2, 0.25) is 0 Å². The summed E-state index contributed by atoms with van der Waals surface area (Å²) in [6, 6.07) is 10.5. The van der Waals surface area contributed by atoms with Crippen LogP contribution in [0.15, 0.2) is 53.4 Å². The lowest BCUT2D eigenvalue weighted by Gasteiger charge is -2.29. The van der Waals surface area contributed by atoms with Crippen LogP contribution in [0.3, 0.4) is 0 Å². The maximum atomic E-state index is 13.7. The summed E-state index contributed by atoms with van der Waals surface area (Å²) in [4.78, 5) is 39.3. The first-order chi connectivity index (χ1) is 17.3. The SMILES string of the molecule is CCOC(=O)c1ccc(N2C(=O)CC(N(CC3CCCO3)S(=O)(=O)c3ccc(OC)cc3)C2=O)cc1. The number of hydrogen-bond donors (Lipinski definition) is 0. The van der Waals surface area contributed by atoms with Crippen LogP contribution >= 0.6 is 0 Å². The number of hydrogen-bond acceptors (Lipinski definition) is 8. The molecule has 10 nitrogen and oxygen atoms in total. The van der Waals surface area contributed by atoms with Crippen LogP contribution in [0.1, 0.15) is 36.5 Å². The zero-order chi connectivity index (χ0) is 25.9. The predicted octanol–water partition coefficient (Wildman–Crippen LogP) is 2.37. The maximum absolute atomic E-state index is 13.7. The number of rotatable bonds is 9. The number of imide groups is 1. The predicted molar refractivity (Wildman–Crippen MR) is 129 cm³/mol. The van der Waals surface area contributed by atoms with Gasteiger partial charge in [-0.3, -0.25) is 9.59 Å². The molecule has 0 radical (unpaired) electrons. The molecule has 11 heteroatoms. The number of ether oxygens (including phenoxy) is 3. The van der Waals surface area contributed by atoms with Gasteiger partial charge in [0.05, 0.1) is 42.4 Å². The average Bonchev–Trinajstić information content (AvgIpc) is 3.50. The molecule has 4 rings (SSSR count). The first-order valence-corrected chi connectivity index (χ1v) is 13.1. The van der Waals surface area contributed by atoms with Crippen molar-refractivity contribution in [2.24, 2.45) is 0 Å². The van der Waals surface area contributed by atoms with Gasteiger partial charge in [-0.25, -0.2) is 18.1 Å². The molecular weight excluding hydrogens is 488 g/mol. The zero-order valence-electron chi connectivity index (χ0n) is 20.1. The second kappa shape index (κ2) is 10.8. The molecule has 0 aliphatic carbocycles. The second-order valence-corrected chi connectivity index (χ2v) is 10.3. The van der Waals surface area contributed by atoms with Gasteiger partial charge in [0.1, 0.15) is 11.8 Å². The van der Waals surface area contributed by atoms with E-state index in [1.165, 1.54) is 55.6 Å². The standard InChI is InChI=1S/C25H28N2O8S/c1-3-34-25(30)17-6-8-18(9-7-17)27-23(28)15-22(24(27)29)26(16-20-5-4-14-35-20)36(31,32)21-12-10-19(33-2)11-13-21/h6-13,20,22H,3-5,14-16H2,1-2H3. The van der Waals surface area contributed by atoms with Gasteiger partial charge in [0, 0.05) is 13.2 Å². The van der Waals surface area contributed by atoms with Crippen molar-refractivity contribution in [3.05, 3.63) is 54.1 Å². The van der Waals surface area contributed by atoms with E-state index in [1.54, 1.807) is 6.92 Å². The van der Waals surface area contributed by atoms with Crippen LogP contribution in [-0.2, 0) is 29.1 Å². The van der Waals surface area contributed by atoms with Crippen molar-refractivity contribution in [1.82, 2.24) is 4.31 Å². The number of anilines is 1. The largest absolute Gasteiger partial charge is 0.497 e. The second-order valence-electron chi connectivity index (χ2n) is 8.44. The topological polar surface area (TPSA) is 120 Å². The highest BCUT2D eigenvalue weighted by Crippen LogP contribution is 2.31. The van der Waals surface area contributed by atoms with Crippen LogP contribution < -0.4 is 9.64 Å². The average molecular weight is 517 g/mol. The van der Waals surface area contributed by atoms with Gasteiger partial charge in [0.15, 0.2) is 0 Å². The van der Waals surface area contributed by atoms with Crippen molar-refractivity contribution in [3.8, 4) is 5.75 Å². The van der Waals surface area contributed by atoms with Gasteiger partial charge in [0.25, 0.3) is 5.91 Å². The molecule has 2 heterocycles. The smallest absolute Gasteiger partial charge is 0.338 e. The lowest BCUT2D eigenvalue weighted by Crippen LogP contribution is -2.48. The summed E-state index contributed by atoms with van der Waals surface area (Å²) >= 11 is 0. The normalized spacial score (nSPS) is 20.2. The number of sulfonamides is 1. The maximum Gasteiger partial charge on any atom is 0.338 e. The van der Waals surface area contributed by atoms with E-state index in [-0.39, 0.29) is 41.8 Å². The molecule has 0 saturated carbocycles. The highest BCUT2D eigenvalue weighted by atomic mass is 32.2. The lowest BCUT2D eigenvalue weighted by molar-refractivity contribution is -0.122. The number of benzene rings is 2. The summed E-state index contributed by atoms with van der Waals surface area (Å²) in [5, 5.41) is 0. The quantitative estimate of drug-likeness (QED) is 0.368. The van der Waals surface area contributed by atoms with Crippen LogP contribution in [0.4, 0.5) is 5.69 Å². The van der Waals surface area contributed by atoms with Gasteiger partial charge in [-0.2, -0.15) is 4.31 Å². The van der Waals surface area contributed by atoms with E-state index in [4.69, 9.17) is 14.2 Å². The highest BCUT2D eigenvalue weighted by molar-refractivity contribution is 7.89. The Hall–Kier alpha value is -3.28. The summed E-state index contributed by atoms with van der Waals surface area (Å²) in [6.45, 7) is 2.37. The summed E-state index contributed by atoms with van der Waals surface area (Å²) < 4.78 is 44.2. The van der Waals surface area contributed by atoms with Crippen molar-refractivity contribution in [2.45, 2.75) is 43.2 Å². The third-order valence-corrected chi connectivity index (χ3v) is 8.07. The Labute approximate surface area is 209 Å². The first-order valence-electron chi connectivity index (χ1n) is 11.7. The van der Waals surface area contributed by atoms with Crippen molar-refractivity contribution >= 4 is 33.5 Å². The van der Waals surface area contributed by atoms with Gasteiger partial charge in [0.2, 0.25) is 15.9 Å². The van der Waals surface area contributed by atoms with Gasteiger partial charge in [-0.05, 0) is 68.3 Å². The Morgan fingerprint density at radius 3 is 2.39 bits per heavy atom. The molecule has 36 heavy (non-hydrogen) atoms. The van der Waals surface area contributed by atoms with E-state index in [1.807, 2.05) is 0 Å². The number of amides is 2. The number of carbonyl (C=O) groups is 3. The molecule has 2 aromatic rings. The van der Waals surface area contributed by atoms with Crippen molar-refractivity contribution in [1.29, 1.82) is 0 Å². The monoisotopic (exact) mass is 516 g/mol. The minimum absolute atomic E-state index is 0.0150. The van der Waals surface area contributed by atoms with Crippen LogP contribution in [0, 0.1) is 0 Å². The molecule has 0 N–H and O–H groups in total. The molecule has 2 saturated heterocycles. The Kier molecular flexibility index (Phi) is 7.72. The summed E-state index contributed by atoms with van der Waals surface area (Å²) in [7, 11) is -2.67. The van der Waals surface area contributed by atoms with Gasteiger partial charge < -0.3 is 14.2 Å². The highest BCUT2D eigenvalue weighted by Gasteiger charge is 2.47. The molecule has 2 aliphatic heterocycles. The number of methoxy groups -OCH3 is 1. The fourth-order valence-electron chi connectivity index (χ4n) is 4.34. The fraction of sp³-hybridized carbons (Fsp3) is 0.400. The molecule has 0 aromatic heterocycles. The van der Waals surface area contributed by atoms with E-state index in [0.717, 1.165) is 15.6 Å². The molecule has 2 unspecified atom stereocenters. The van der Waals surface area contributed by atoms with Crippen molar-refractivity contribution in [3.63, 3.8) is 0 Å². The lowest BCUT2D eigenvalue weighted by atomic mass is 10.2. The summed E-state index contributed by atoms with van der Waals surface area (Å²) in [6.07, 6.45) is 0.763. The molecular formula is C25H28N2O8S. The fourth-order valence-corrected chi connectivity index (χ4v) is 5.95. The van der Waals surface area contributed by atoms with Gasteiger partial charge in [-0.1, -0.05) is 0 Å². The molecule has 2 amide bonds. The Balaban J connectivity index is 1.64. The number of esters is 1. The van der Waals surface area contributed by atoms with E-state index in [0.29, 0.717) is 18.8 Å². The van der Waals surface area contributed by atoms with Crippen LogP contribution in [0.5, 0.6) is 5.75 Å². The third kappa shape index (κ3) is 5.13. The Morgan fingerprint density at radius 1 is 1.11 bits per heavy atom. The molecule has 0 bridgehead atoms. The molecule has 2 aliphatic rings. The van der Waals surface area contributed by atoms with E-state index in [2.05, 4.69) is 0 Å². The van der Waals surface area contributed by atoms with Crippen LogP contribution in [0.25, 0.3) is 0 Å². The van der Waals surface area contributed by atoms with Gasteiger partial charge >= 0.3 is 5.97 Å². The number of carbonyl (C=O) groups excluding carboxylic acids is 3. The summed E-state index contributed by atoms with van der Waals surface area (Å²) in [5.74, 6) is -1.21. The molecule has 2 fully saturated rings. The Morgan fingerprint density at radius 2 is 1.81 bits per heavy atom. The molecule has 2 aromatic carbocycles.